The highest BCUT2D eigenvalue weighted by Crippen LogP contribution is 2.13. The number of amides is 1. The van der Waals surface area contributed by atoms with Crippen LogP contribution in [0.15, 0.2) is 53.4 Å². The SMILES string of the molecule is CCn1ccnc1CN(C)C(=O)c1coc(CN2CCN(Cc3ccccc3)CC2)n1. The molecule has 0 atom stereocenters. The van der Waals surface area contributed by atoms with Gasteiger partial charge < -0.3 is 13.9 Å². The zero-order valence-electron chi connectivity index (χ0n) is 18.3. The van der Waals surface area contributed by atoms with E-state index < -0.39 is 0 Å². The molecular weight excluding hydrogens is 392 g/mol. The fourth-order valence-electron chi connectivity index (χ4n) is 3.88. The number of aryl methyl sites for hydroxylation is 1. The van der Waals surface area contributed by atoms with Crippen molar-refractivity contribution >= 4 is 5.91 Å². The van der Waals surface area contributed by atoms with E-state index in [0.29, 0.717) is 24.7 Å². The summed E-state index contributed by atoms with van der Waals surface area (Å²) in [5, 5.41) is 0. The topological polar surface area (TPSA) is 70.6 Å². The predicted octanol–water partition coefficient (Wildman–Crippen LogP) is 2.48. The number of piperazine rings is 1. The molecule has 164 valence electrons. The molecule has 1 aliphatic heterocycles. The highest BCUT2D eigenvalue weighted by atomic mass is 16.3. The van der Waals surface area contributed by atoms with E-state index >= 15 is 0 Å². The van der Waals surface area contributed by atoms with Gasteiger partial charge in [-0.1, -0.05) is 30.3 Å². The van der Waals surface area contributed by atoms with Crippen LogP contribution in [0.25, 0.3) is 0 Å². The third kappa shape index (κ3) is 5.39. The second-order valence-corrected chi connectivity index (χ2v) is 7.96. The minimum atomic E-state index is -0.159. The highest BCUT2D eigenvalue weighted by molar-refractivity contribution is 5.91. The summed E-state index contributed by atoms with van der Waals surface area (Å²) in [6.45, 7) is 8.84. The summed E-state index contributed by atoms with van der Waals surface area (Å²) < 4.78 is 7.63. The van der Waals surface area contributed by atoms with Crippen LogP contribution in [0, 0.1) is 0 Å². The minimum absolute atomic E-state index is 0.159. The summed E-state index contributed by atoms with van der Waals surface area (Å²) in [5.41, 5.74) is 1.69. The average Bonchev–Trinajstić information content (AvgIpc) is 3.44. The number of benzene rings is 1. The van der Waals surface area contributed by atoms with Crippen molar-refractivity contribution in [3.05, 3.63) is 72.0 Å². The van der Waals surface area contributed by atoms with E-state index in [2.05, 4.69) is 57.0 Å². The van der Waals surface area contributed by atoms with E-state index in [-0.39, 0.29) is 5.91 Å². The molecule has 0 unspecified atom stereocenters. The van der Waals surface area contributed by atoms with Gasteiger partial charge in [0.05, 0.1) is 13.1 Å². The lowest BCUT2D eigenvalue weighted by Crippen LogP contribution is -2.45. The van der Waals surface area contributed by atoms with Crippen LogP contribution in [0.4, 0.5) is 0 Å². The zero-order valence-corrected chi connectivity index (χ0v) is 18.3. The molecule has 1 aliphatic rings. The largest absolute Gasteiger partial charge is 0.447 e. The number of oxazole rings is 1. The van der Waals surface area contributed by atoms with E-state index in [1.54, 1.807) is 18.1 Å². The van der Waals surface area contributed by atoms with Crippen LogP contribution in [-0.2, 0) is 26.2 Å². The van der Waals surface area contributed by atoms with Crippen molar-refractivity contribution in [1.82, 2.24) is 29.2 Å². The van der Waals surface area contributed by atoms with Crippen LogP contribution in [-0.4, -0.2) is 68.4 Å². The van der Waals surface area contributed by atoms with Gasteiger partial charge in [-0.3, -0.25) is 14.6 Å². The molecule has 1 aromatic carbocycles. The summed E-state index contributed by atoms with van der Waals surface area (Å²) in [6, 6.07) is 10.6. The molecule has 31 heavy (non-hydrogen) atoms. The Kier molecular flexibility index (Phi) is 6.79. The van der Waals surface area contributed by atoms with E-state index in [4.69, 9.17) is 4.42 Å². The molecule has 0 spiro atoms. The molecule has 8 nitrogen and oxygen atoms in total. The van der Waals surface area contributed by atoms with Gasteiger partial charge >= 0.3 is 0 Å². The Balaban J connectivity index is 1.27. The summed E-state index contributed by atoms with van der Waals surface area (Å²) >= 11 is 0. The number of carbonyl (C=O) groups excluding carboxylic acids is 1. The number of hydrogen-bond donors (Lipinski definition) is 0. The third-order valence-electron chi connectivity index (χ3n) is 5.71. The van der Waals surface area contributed by atoms with Crippen molar-refractivity contribution in [3.8, 4) is 0 Å². The second-order valence-electron chi connectivity index (χ2n) is 7.96. The minimum Gasteiger partial charge on any atom is -0.447 e. The number of carbonyl (C=O) groups is 1. The van der Waals surface area contributed by atoms with Crippen LogP contribution in [0.2, 0.25) is 0 Å². The Morgan fingerprint density at radius 2 is 1.81 bits per heavy atom. The van der Waals surface area contributed by atoms with Crippen LogP contribution in [0.5, 0.6) is 0 Å². The molecular formula is C23H30N6O2. The summed E-state index contributed by atoms with van der Waals surface area (Å²) in [7, 11) is 1.76. The quantitative estimate of drug-likeness (QED) is 0.556. The lowest BCUT2D eigenvalue weighted by molar-refractivity contribution is 0.0774. The number of aromatic nitrogens is 3. The van der Waals surface area contributed by atoms with Crippen molar-refractivity contribution in [3.63, 3.8) is 0 Å². The first-order chi connectivity index (χ1) is 15.1. The summed E-state index contributed by atoms with van der Waals surface area (Å²) in [6.07, 6.45) is 5.14. The van der Waals surface area contributed by atoms with E-state index in [9.17, 15) is 4.79 Å². The Morgan fingerprint density at radius 3 is 2.52 bits per heavy atom. The molecule has 0 radical (unpaired) electrons. The molecule has 0 N–H and O–H groups in total. The van der Waals surface area contributed by atoms with Crippen LogP contribution >= 0.6 is 0 Å². The molecule has 1 fully saturated rings. The lowest BCUT2D eigenvalue weighted by Gasteiger charge is -2.34. The Hall–Kier alpha value is -2.97. The molecule has 1 amide bonds. The van der Waals surface area contributed by atoms with Crippen molar-refractivity contribution < 1.29 is 9.21 Å². The van der Waals surface area contributed by atoms with Crippen molar-refractivity contribution in [1.29, 1.82) is 0 Å². The maximum Gasteiger partial charge on any atom is 0.275 e. The maximum atomic E-state index is 12.7. The van der Waals surface area contributed by atoms with Gasteiger partial charge in [-0.15, -0.1) is 0 Å². The molecule has 1 saturated heterocycles. The first-order valence-corrected chi connectivity index (χ1v) is 10.8. The summed E-state index contributed by atoms with van der Waals surface area (Å²) in [4.78, 5) is 27.9. The van der Waals surface area contributed by atoms with Crippen LogP contribution in [0.1, 0.15) is 34.7 Å². The van der Waals surface area contributed by atoms with Crippen LogP contribution in [0.3, 0.4) is 0 Å². The summed E-state index contributed by atoms with van der Waals surface area (Å²) in [5.74, 6) is 1.28. The van der Waals surface area contributed by atoms with Gasteiger partial charge in [0.25, 0.3) is 5.91 Å². The standard InChI is InChI=1S/C23H30N6O2/c1-3-29-10-9-24-21(29)16-26(2)23(30)20-18-31-22(25-20)17-28-13-11-27(12-14-28)15-19-7-5-4-6-8-19/h4-10,18H,3,11-17H2,1-2H3. The molecule has 3 heterocycles. The second kappa shape index (κ2) is 9.89. The Labute approximate surface area is 183 Å². The van der Waals surface area contributed by atoms with Crippen molar-refractivity contribution in [2.24, 2.45) is 0 Å². The van der Waals surface area contributed by atoms with Gasteiger partial charge in [0.2, 0.25) is 5.89 Å². The molecule has 0 aliphatic carbocycles. The van der Waals surface area contributed by atoms with E-state index in [1.807, 2.05) is 10.8 Å². The molecule has 0 bridgehead atoms. The molecule has 8 heteroatoms. The fraction of sp³-hybridized carbons (Fsp3) is 0.435. The Morgan fingerprint density at radius 1 is 1.10 bits per heavy atom. The normalized spacial score (nSPS) is 15.3. The van der Waals surface area contributed by atoms with Gasteiger partial charge in [-0.25, -0.2) is 9.97 Å². The van der Waals surface area contributed by atoms with Gasteiger partial charge in [0.1, 0.15) is 12.1 Å². The van der Waals surface area contributed by atoms with E-state index in [1.165, 1.54) is 11.8 Å². The molecule has 4 rings (SSSR count). The zero-order chi connectivity index (χ0) is 21.6. The number of rotatable bonds is 8. The first-order valence-electron chi connectivity index (χ1n) is 10.8. The number of imidazole rings is 1. The predicted molar refractivity (Wildman–Crippen MR) is 117 cm³/mol. The van der Waals surface area contributed by atoms with Crippen molar-refractivity contribution in [2.75, 3.05) is 33.2 Å². The van der Waals surface area contributed by atoms with Gasteiger partial charge in [-0.2, -0.15) is 0 Å². The molecule has 3 aromatic rings. The monoisotopic (exact) mass is 422 g/mol. The highest BCUT2D eigenvalue weighted by Gasteiger charge is 2.21. The average molecular weight is 423 g/mol. The van der Waals surface area contributed by atoms with Crippen molar-refractivity contribution in [2.45, 2.75) is 33.1 Å². The fourth-order valence-corrected chi connectivity index (χ4v) is 3.88. The van der Waals surface area contributed by atoms with E-state index in [0.717, 1.165) is 45.1 Å². The van der Waals surface area contributed by atoms with Gasteiger partial charge in [0.15, 0.2) is 5.69 Å². The molecule has 0 saturated carbocycles. The smallest absolute Gasteiger partial charge is 0.275 e. The first kappa shape index (κ1) is 21.3. The molecule has 2 aromatic heterocycles. The number of hydrogen-bond acceptors (Lipinski definition) is 6. The maximum absolute atomic E-state index is 12.7. The third-order valence-corrected chi connectivity index (χ3v) is 5.71. The lowest BCUT2D eigenvalue weighted by atomic mass is 10.2. The van der Waals surface area contributed by atoms with Gasteiger partial charge in [0, 0.05) is 58.7 Å². The van der Waals surface area contributed by atoms with Gasteiger partial charge in [-0.05, 0) is 12.5 Å². The number of nitrogens with zero attached hydrogens (tertiary/aromatic N) is 6. The Bertz CT molecular complexity index is 975. The van der Waals surface area contributed by atoms with Crippen LogP contribution < -0.4 is 0 Å².